The van der Waals surface area contributed by atoms with Crippen LogP contribution in [0, 0.1) is 0 Å². The van der Waals surface area contributed by atoms with E-state index >= 15 is 0 Å². The molecule has 3 nitrogen and oxygen atoms in total. The zero-order chi connectivity index (χ0) is 9.68. The number of phenols is 1. The van der Waals surface area contributed by atoms with Crippen LogP contribution in [0.1, 0.15) is 5.56 Å². The van der Waals surface area contributed by atoms with Crippen molar-refractivity contribution in [3.63, 3.8) is 0 Å². The van der Waals surface area contributed by atoms with Gasteiger partial charge in [0.25, 0.3) is 0 Å². The number of hydrogen-bond acceptors (Lipinski definition) is 3. The third kappa shape index (κ3) is 3.85. The average molecular weight is 198 g/mol. The fourth-order valence-electron chi connectivity index (χ4n) is 0.902. The van der Waals surface area contributed by atoms with Crippen LogP contribution in [-0.4, -0.2) is 21.9 Å². The summed E-state index contributed by atoms with van der Waals surface area (Å²) < 4.78 is 0. The molecule has 0 atom stereocenters. The Morgan fingerprint density at radius 3 is 2.85 bits per heavy atom. The maximum absolute atomic E-state index is 10.2. The summed E-state index contributed by atoms with van der Waals surface area (Å²) in [6.45, 7) is 0. The Labute approximate surface area is 80.4 Å². The summed E-state index contributed by atoms with van der Waals surface area (Å²) in [4.78, 5) is 10.2. The molecule has 70 valence electrons. The van der Waals surface area contributed by atoms with Crippen LogP contribution in [0.3, 0.4) is 0 Å². The van der Waals surface area contributed by atoms with Crippen molar-refractivity contribution in [1.82, 2.24) is 0 Å². The van der Waals surface area contributed by atoms with Crippen molar-refractivity contribution in [3.05, 3.63) is 29.8 Å². The molecule has 0 aromatic heterocycles. The topological polar surface area (TPSA) is 57.5 Å². The number of carboxylic acid groups (broad SMARTS) is 1. The fraction of sp³-hybridized carbons (Fsp3) is 0.222. The molecular formula is C9H10O3S. The maximum atomic E-state index is 10.2. The first-order valence-electron chi connectivity index (χ1n) is 3.76. The zero-order valence-electron chi connectivity index (χ0n) is 6.93. The molecule has 1 aromatic rings. The van der Waals surface area contributed by atoms with E-state index in [9.17, 15) is 4.79 Å². The summed E-state index contributed by atoms with van der Waals surface area (Å²) in [5.41, 5.74) is 0.936. The molecule has 0 aliphatic heterocycles. The van der Waals surface area contributed by atoms with Gasteiger partial charge in [0, 0.05) is 5.75 Å². The average Bonchev–Trinajstić information content (AvgIpc) is 2.03. The minimum Gasteiger partial charge on any atom is -0.508 e. The lowest BCUT2D eigenvalue weighted by atomic mass is 10.2. The van der Waals surface area contributed by atoms with Crippen molar-refractivity contribution in [1.29, 1.82) is 0 Å². The molecule has 0 fully saturated rings. The molecule has 2 N–H and O–H groups in total. The number of phenolic OH excluding ortho intramolecular Hbond substituents is 1. The van der Waals surface area contributed by atoms with E-state index in [4.69, 9.17) is 10.2 Å². The quantitative estimate of drug-likeness (QED) is 0.773. The molecule has 0 saturated heterocycles. The summed E-state index contributed by atoms with van der Waals surface area (Å²) in [6, 6.07) is 6.82. The highest BCUT2D eigenvalue weighted by molar-refractivity contribution is 7.99. The highest BCUT2D eigenvalue weighted by Crippen LogP contribution is 2.16. The number of carboxylic acids is 1. The summed E-state index contributed by atoms with van der Waals surface area (Å²) in [5.74, 6) is 0.106. The second kappa shape index (κ2) is 4.77. The molecule has 1 aromatic carbocycles. The molecule has 0 spiro atoms. The number of aliphatic carboxylic acids is 1. The van der Waals surface area contributed by atoms with Gasteiger partial charge in [0.15, 0.2) is 0 Å². The number of thioether (sulfide) groups is 1. The van der Waals surface area contributed by atoms with Gasteiger partial charge in [-0.15, -0.1) is 11.8 Å². The fourth-order valence-corrected chi connectivity index (χ4v) is 1.59. The first kappa shape index (κ1) is 9.92. The Balaban J connectivity index is 2.41. The van der Waals surface area contributed by atoms with Crippen LogP contribution >= 0.6 is 11.8 Å². The van der Waals surface area contributed by atoms with Gasteiger partial charge in [0.1, 0.15) is 5.75 Å². The summed E-state index contributed by atoms with van der Waals surface area (Å²) >= 11 is 1.31. The van der Waals surface area contributed by atoms with Crippen molar-refractivity contribution in [2.75, 3.05) is 5.75 Å². The molecule has 0 heterocycles. The molecule has 1 rings (SSSR count). The zero-order valence-corrected chi connectivity index (χ0v) is 7.75. The second-order valence-corrected chi connectivity index (χ2v) is 3.54. The SMILES string of the molecule is O=C(O)CSCc1cccc(O)c1. The van der Waals surface area contributed by atoms with Gasteiger partial charge in [-0.2, -0.15) is 0 Å². The monoisotopic (exact) mass is 198 g/mol. The molecule has 13 heavy (non-hydrogen) atoms. The third-order valence-electron chi connectivity index (χ3n) is 1.40. The van der Waals surface area contributed by atoms with Gasteiger partial charge in [-0.25, -0.2) is 0 Å². The minimum absolute atomic E-state index is 0.0929. The van der Waals surface area contributed by atoms with Crippen LogP contribution in [0.25, 0.3) is 0 Å². The molecule has 4 heteroatoms. The molecule has 0 unspecified atom stereocenters. The Hall–Kier alpha value is -1.16. The van der Waals surface area contributed by atoms with Gasteiger partial charge in [0.2, 0.25) is 0 Å². The molecule has 0 aliphatic rings. The minimum atomic E-state index is -0.815. The van der Waals surface area contributed by atoms with Crippen LogP contribution in [-0.2, 0) is 10.5 Å². The number of benzene rings is 1. The van der Waals surface area contributed by atoms with Crippen molar-refractivity contribution < 1.29 is 15.0 Å². The van der Waals surface area contributed by atoms with Gasteiger partial charge < -0.3 is 10.2 Å². The van der Waals surface area contributed by atoms with Gasteiger partial charge in [0.05, 0.1) is 5.75 Å². The van der Waals surface area contributed by atoms with Gasteiger partial charge in [-0.05, 0) is 17.7 Å². The molecule has 0 saturated carbocycles. The van der Waals surface area contributed by atoms with E-state index in [2.05, 4.69) is 0 Å². The van der Waals surface area contributed by atoms with Gasteiger partial charge >= 0.3 is 5.97 Å². The summed E-state index contributed by atoms with van der Waals surface area (Å²) in [5, 5.41) is 17.5. The third-order valence-corrected chi connectivity index (χ3v) is 2.39. The maximum Gasteiger partial charge on any atom is 0.313 e. The van der Waals surface area contributed by atoms with Crippen LogP contribution in [0.15, 0.2) is 24.3 Å². The Morgan fingerprint density at radius 1 is 1.46 bits per heavy atom. The van der Waals surface area contributed by atoms with E-state index in [0.717, 1.165) is 5.56 Å². The lowest BCUT2D eigenvalue weighted by Gasteiger charge is -1.99. The predicted octanol–water partition coefficient (Wildman–Crippen LogP) is 1.71. The largest absolute Gasteiger partial charge is 0.508 e. The lowest BCUT2D eigenvalue weighted by Crippen LogP contribution is -1.97. The van der Waals surface area contributed by atoms with E-state index in [-0.39, 0.29) is 11.5 Å². The number of aromatic hydroxyl groups is 1. The predicted molar refractivity (Wildman–Crippen MR) is 51.9 cm³/mol. The number of hydrogen-bond donors (Lipinski definition) is 2. The molecule has 0 amide bonds. The van der Waals surface area contributed by atoms with E-state index < -0.39 is 5.97 Å². The lowest BCUT2D eigenvalue weighted by molar-refractivity contribution is -0.133. The van der Waals surface area contributed by atoms with Crippen molar-refractivity contribution in [2.45, 2.75) is 5.75 Å². The van der Waals surface area contributed by atoms with Crippen molar-refractivity contribution in [3.8, 4) is 5.75 Å². The van der Waals surface area contributed by atoms with Crippen molar-refractivity contribution in [2.24, 2.45) is 0 Å². The first-order chi connectivity index (χ1) is 6.18. The normalized spacial score (nSPS) is 9.85. The Kier molecular flexibility index (Phi) is 3.64. The van der Waals surface area contributed by atoms with Crippen LogP contribution in [0.5, 0.6) is 5.75 Å². The standard InChI is InChI=1S/C9H10O3S/c10-8-3-1-2-7(4-8)5-13-6-9(11)12/h1-4,10H,5-6H2,(H,11,12). The second-order valence-electron chi connectivity index (χ2n) is 2.56. The highest BCUT2D eigenvalue weighted by Gasteiger charge is 1.98. The van der Waals surface area contributed by atoms with Crippen molar-refractivity contribution >= 4 is 17.7 Å². The van der Waals surface area contributed by atoms with E-state index in [1.54, 1.807) is 18.2 Å². The summed E-state index contributed by atoms with van der Waals surface area (Å²) in [6.07, 6.45) is 0. The molecule has 0 bridgehead atoms. The molecule has 0 aliphatic carbocycles. The van der Waals surface area contributed by atoms with Crippen LogP contribution in [0.4, 0.5) is 0 Å². The molecule has 0 radical (unpaired) electrons. The van der Waals surface area contributed by atoms with E-state index in [0.29, 0.717) is 5.75 Å². The molecular weight excluding hydrogens is 188 g/mol. The van der Waals surface area contributed by atoms with E-state index in [1.807, 2.05) is 6.07 Å². The van der Waals surface area contributed by atoms with Crippen LogP contribution in [0.2, 0.25) is 0 Å². The smallest absolute Gasteiger partial charge is 0.313 e. The van der Waals surface area contributed by atoms with Gasteiger partial charge in [-0.3, -0.25) is 4.79 Å². The van der Waals surface area contributed by atoms with Gasteiger partial charge in [-0.1, -0.05) is 12.1 Å². The van der Waals surface area contributed by atoms with E-state index in [1.165, 1.54) is 11.8 Å². The number of rotatable bonds is 4. The highest BCUT2D eigenvalue weighted by atomic mass is 32.2. The Morgan fingerprint density at radius 2 is 2.23 bits per heavy atom. The van der Waals surface area contributed by atoms with Crippen LogP contribution < -0.4 is 0 Å². The Bertz CT molecular complexity index is 299. The summed E-state index contributed by atoms with van der Waals surface area (Å²) in [7, 11) is 0. The number of carbonyl (C=O) groups is 1. The first-order valence-corrected chi connectivity index (χ1v) is 4.91.